The summed E-state index contributed by atoms with van der Waals surface area (Å²) in [5.74, 6) is -0.0988. The lowest BCUT2D eigenvalue weighted by Gasteiger charge is -2.09. The highest BCUT2D eigenvalue weighted by Gasteiger charge is 2.12. The number of hydrogen-bond donors (Lipinski definition) is 1. The Bertz CT molecular complexity index is 556. The van der Waals surface area contributed by atoms with Crippen LogP contribution in [0.15, 0.2) is 30.6 Å². The van der Waals surface area contributed by atoms with Crippen molar-refractivity contribution in [3.63, 3.8) is 0 Å². The molecule has 102 valence electrons. The number of aromatic nitrogens is 2. The predicted molar refractivity (Wildman–Crippen MR) is 76.7 cm³/mol. The van der Waals surface area contributed by atoms with Crippen molar-refractivity contribution in [2.45, 2.75) is 11.2 Å². The van der Waals surface area contributed by atoms with Gasteiger partial charge in [0.25, 0.3) is 5.91 Å². The van der Waals surface area contributed by atoms with Crippen LogP contribution in [0.25, 0.3) is 5.52 Å². The Morgan fingerprint density at radius 1 is 1.58 bits per heavy atom. The first kappa shape index (κ1) is 14.0. The SMILES string of the molecule is COCC(Br)CCNC(=O)c1cnn2ccccc12. The lowest BCUT2D eigenvalue weighted by molar-refractivity contribution is 0.0953. The molecule has 2 aromatic rings. The number of halogens is 1. The van der Waals surface area contributed by atoms with E-state index < -0.39 is 0 Å². The fourth-order valence-electron chi connectivity index (χ4n) is 1.81. The molecule has 1 amide bonds. The van der Waals surface area contributed by atoms with Crippen molar-refractivity contribution < 1.29 is 9.53 Å². The fourth-order valence-corrected chi connectivity index (χ4v) is 2.30. The highest BCUT2D eigenvalue weighted by Crippen LogP contribution is 2.10. The van der Waals surface area contributed by atoms with Gasteiger partial charge in [-0.15, -0.1) is 0 Å². The zero-order valence-corrected chi connectivity index (χ0v) is 12.3. The first-order chi connectivity index (χ1) is 9.22. The molecule has 6 heteroatoms. The Balaban J connectivity index is 1.93. The van der Waals surface area contributed by atoms with Gasteiger partial charge in [0.05, 0.1) is 23.9 Å². The van der Waals surface area contributed by atoms with Crippen molar-refractivity contribution in [3.8, 4) is 0 Å². The largest absolute Gasteiger partial charge is 0.384 e. The molecule has 1 unspecified atom stereocenters. The fraction of sp³-hybridized carbons (Fsp3) is 0.385. The summed E-state index contributed by atoms with van der Waals surface area (Å²) in [6.07, 6.45) is 4.23. The second-order valence-corrected chi connectivity index (χ2v) is 5.48. The molecule has 0 fully saturated rings. The highest BCUT2D eigenvalue weighted by atomic mass is 79.9. The van der Waals surface area contributed by atoms with Gasteiger partial charge in [-0.3, -0.25) is 4.79 Å². The molecule has 2 heterocycles. The van der Waals surface area contributed by atoms with Crippen LogP contribution >= 0.6 is 15.9 Å². The Morgan fingerprint density at radius 3 is 3.21 bits per heavy atom. The van der Waals surface area contributed by atoms with Crippen LogP contribution in [0, 0.1) is 0 Å². The summed E-state index contributed by atoms with van der Waals surface area (Å²) in [6.45, 7) is 1.23. The molecule has 0 bridgehead atoms. The molecule has 0 radical (unpaired) electrons. The summed E-state index contributed by atoms with van der Waals surface area (Å²) >= 11 is 3.48. The van der Waals surface area contributed by atoms with Gasteiger partial charge in [0, 0.05) is 24.7 Å². The summed E-state index contributed by atoms with van der Waals surface area (Å²) in [5.41, 5.74) is 1.41. The van der Waals surface area contributed by atoms with Gasteiger partial charge in [0.15, 0.2) is 0 Å². The number of carbonyl (C=O) groups excluding carboxylic acids is 1. The van der Waals surface area contributed by atoms with Gasteiger partial charge < -0.3 is 10.1 Å². The second-order valence-electron chi connectivity index (χ2n) is 4.19. The van der Waals surface area contributed by atoms with Crippen molar-refractivity contribution in [1.29, 1.82) is 0 Å². The minimum Gasteiger partial charge on any atom is -0.384 e. The van der Waals surface area contributed by atoms with Gasteiger partial charge in [-0.25, -0.2) is 4.52 Å². The Kier molecular flexibility index (Phi) is 4.93. The molecule has 19 heavy (non-hydrogen) atoms. The molecule has 1 N–H and O–H groups in total. The van der Waals surface area contributed by atoms with Crippen LogP contribution < -0.4 is 5.32 Å². The summed E-state index contributed by atoms with van der Waals surface area (Å²) in [4.78, 5) is 12.3. The maximum Gasteiger partial charge on any atom is 0.255 e. The van der Waals surface area contributed by atoms with E-state index in [1.807, 2.05) is 24.4 Å². The molecule has 0 saturated heterocycles. The summed E-state index contributed by atoms with van der Waals surface area (Å²) < 4.78 is 6.71. The van der Waals surface area contributed by atoms with Crippen LogP contribution in [0.2, 0.25) is 0 Å². The molecular formula is C13H16BrN3O2. The number of alkyl halides is 1. The summed E-state index contributed by atoms with van der Waals surface area (Å²) in [7, 11) is 1.66. The first-order valence-corrected chi connectivity index (χ1v) is 6.97. The number of hydrogen-bond acceptors (Lipinski definition) is 3. The lowest BCUT2D eigenvalue weighted by atomic mass is 10.2. The van der Waals surface area contributed by atoms with Gasteiger partial charge >= 0.3 is 0 Å². The summed E-state index contributed by atoms with van der Waals surface area (Å²) in [5, 5.41) is 7.03. The maximum atomic E-state index is 12.0. The van der Waals surface area contributed by atoms with Crippen LogP contribution in [0.5, 0.6) is 0 Å². The first-order valence-electron chi connectivity index (χ1n) is 6.06. The highest BCUT2D eigenvalue weighted by molar-refractivity contribution is 9.09. The number of ether oxygens (including phenoxy) is 1. The Labute approximate surface area is 120 Å². The van der Waals surface area contributed by atoms with Crippen LogP contribution in [0.3, 0.4) is 0 Å². The lowest BCUT2D eigenvalue weighted by Crippen LogP contribution is -2.26. The topological polar surface area (TPSA) is 55.6 Å². The number of rotatable bonds is 6. The van der Waals surface area contributed by atoms with E-state index in [0.29, 0.717) is 18.7 Å². The number of nitrogens with zero attached hydrogens (tertiary/aromatic N) is 2. The van der Waals surface area contributed by atoms with Gasteiger partial charge in [-0.05, 0) is 18.6 Å². The summed E-state index contributed by atoms with van der Waals surface area (Å²) in [6, 6.07) is 5.64. The van der Waals surface area contributed by atoms with Gasteiger partial charge in [-0.1, -0.05) is 22.0 Å². The van der Waals surface area contributed by atoms with Gasteiger partial charge in [-0.2, -0.15) is 5.10 Å². The average Bonchev–Trinajstić information content (AvgIpc) is 2.82. The molecule has 2 aromatic heterocycles. The van der Waals surface area contributed by atoms with Crippen LogP contribution in [0.4, 0.5) is 0 Å². The minimum atomic E-state index is -0.0988. The molecule has 0 spiro atoms. The van der Waals surface area contributed by atoms with Crippen LogP contribution in [0.1, 0.15) is 16.8 Å². The minimum absolute atomic E-state index is 0.0988. The third kappa shape index (κ3) is 3.54. The monoisotopic (exact) mass is 325 g/mol. The van der Waals surface area contributed by atoms with Crippen LogP contribution in [-0.2, 0) is 4.74 Å². The Morgan fingerprint density at radius 2 is 2.42 bits per heavy atom. The van der Waals surface area contributed by atoms with E-state index in [0.717, 1.165) is 11.9 Å². The molecule has 0 aliphatic heterocycles. The van der Waals surface area contributed by atoms with Gasteiger partial charge in [0.1, 0.15) is 0 Å². The van der Waals surface area contributed by atoms with Crippen molar-refractivity contribution in [3.05, 3.63) is 36.2 Å². The maximum absolute atomic E-state index is 12.0. The number of nitrogens with one attached hydrogen (secondary N) is 1. The zero-order valence-electron chi connectivity index (χ0n) is 10.7. The van der Waals surface area contributed by atoms with Crippen molar-refractivity contribution in [1.82, 2.24) is 14.9 Å². The predicted octanol–water partition coefficient (Wildman–Crippen LogP) is 1.86. The molecule has 1 atom stereocenters. The van der Waals surface area contributed by atoms with E-state index in [1.54, 1.807) is 17.8 Å². The number of pyridine rings is 1. The van der Waals surface area contributed by atoms with E-state index >= 15 is 0 Å². The normalized spacial score (nSPS) is 12.5. The van der Waals surface area contributed by atoms with E-state index in [2.05, 4.69) is 26.3 Å². The van der Waals surface area contributed by atoms with E-state index in [1.165, 1.54) is 0 Å². The van der Waals surface area contributed by atoms with Gasteiger partial charge in [0.2, 0.25) is 0 Å². The van der Waals surface area contributed by atoms with E-state index in [9.17, 15) is 4.79 Å². The Hall–Kier alpha value is -1.40. The number of carbonyl (C=O) groups is 1. The number of methoxy groups -OCH3 is 1. The van der Waals surface area contributed by atoms with E-state index in [-0.39, 0.29) is 10.7 Å². The molecule has 5 nitrogen and oxygen atoms in total. The molecule has 0 aliphatic rings. The average molecular weight is 326 g/mol. The molecule has 0 aromatic carbocycles. The van der Waals surface area contributed by atoms with E-state index in [4.69, 9.17) is 4.74 Å². The number of fused-ring (bicyclic) bond motifs is 1. The standard InChI is InChI=1S/C13H16BrN3O2/c1-19-9-10(14)5-6-15-13(18)11-8-16-17-7-3-2-4-12(11)17/h2-4,7-8,10H,5-6,9H2,1H3,(H,15,18). The van der Waals surface area contributed by atoms with Crippen molar-refractivity contribution >= 4 is 27.4 Å². The zero-order chi connectivity index (χ0) is 13.7. The third-order valence-corrected chi connectivity index (χ3v) is 3.48. The smallest absolute Gasteiger partial charge is 0.255 e. The van der Waals surface area contributed by atoms with Crippen LogP contribution in [-0.4, -0.2) is 40.6 Å². The van der Waals surface area contributed by atoms with Crippen molar-refractivity contribution in [2.24, 2.45) is 0 Å². The molecule has 0 saturated carbocycles. The third-order valence-electron chi connectivity index (χ3n) is 2.76. The second kappa shape index (κ2) is 6.68. The number of amides is 1. The molecular weight excluding hydrogens is 310 g/mol. The quantitative estimate of drug-likeness (QED) is 0.825. The van der Waals surface area contributed by atoms with Crippen molar-refractivity contribution in [2.75, 3.05) is 20.3 Å². The molecule has 2 rings (SSSR count). The molecule has 0 aliphatic carbocycles.